The van der Waals surface area contributed by atoms with Crippen LogP contribution in [0.15, 0.2) is 6.20 Å². The first-order valence-corrected chi connectivity index (χ1v) is 4.96. The minimum absolute atomic E-state index is 0.359. The lowest BCUT2D eigenvalue weighted by molar-refractivity contribution is -0.260. The Morgan fingerprint density at radius 3 is 2.19 bits per heavy atom. The molecule has 0 aliphatic heterocycles. The molecule has 1 heterocycles. The van der Waals surface area contributed by atoms with Crippen LogP contribution >= 0.6 is 0 Å². The van der Waals surface area contributed by atoms with Crippen molar-refractivity contribution in [2.45, 2.75) is 26.7 Å². The van der Waals surface area contributed by atoms with Crippen LogP contribution < -0.4 is 10.2 Å². The number of carbonyl (C=O) groups is 2. The third-order valence-corrected chi connectivity index (χ3v) is 2.41. The molecule has 0 N–H and O–H groups in total. The number of aromatic nitrogens is 1. The van der Waals surface area contributed by atoms with E-state index < -0.39 is 17.6 Å². The molecule has 0 atom stereocenters. The molecule has 0 aliphatic rings. The number of carboxylic acids is 2. The third kappa shape index (κ3) is 2.03. The van der Waals surface area contributed by atoms with Crippen molar-refractivity contribution in [1.82, 2.24) is 4.98 Å². The molecule has 1 rings (SSSR count). The minimum Gasteiger partial charge on any atom is -0.545 e. The maximum atomic E-state index is 10.9. The fraction of sp³-hybridized carbons (Fsp3) is 0.364. The zero-order valence-corrected chi connectivity index (χ0v) is 9.07. The van der Waals surface area contributed by atoms with Gasteiger partial charge in [0.1, 0.15) is 0 Å². The van der Waals surface area contributed by atoms with E-state index in [0.29, 0.717) is 24.0 Å². The van der Waals surface area contributed by atoms with Crippen LogP contribution in [0.2, 0.25) is 0 Å². The summed E-state index contributed by atoms with van der Waals surface area (Å²) in [6, 6.07) is 0. The van der Waals surface area contributed by atoms with Crippen LogP contribution in [0.3, 0.4) is 0 Å². The van der Waals surface area contributed by atoms with E-state index in [1.165, 1.54) is 6.20 Å². The van der Waals surface area contributed by atoms with E-state index in [-0.39, 0.29) is 5.56 Å². The second kappa shape index (κ2) is 4.74. The second-order valence-corrected chi connectivity index (χ2v) is 3.27. The zero-order valence-electron chi connectivity index (χ0n) is 9.07. The summed E-state index contributed by atoms with van der Waals surface area (Å²) in [5.74, 6) is -3.13. The van der Waals surface area contributed by atoms with Crippen LogP contribution in [0.5, 0.6) is 0 Å². The van der Waals surface area contributed by atoms with E-state index in [4.69, 9.17) is 0 Å². The van der Waals surface area contributed by atoms with Crippen LogP contribution in [0, 0.1) is 0 Å². The Morgan fingerprint density at radius 2 is 1.81 bits per heavy atom. The van der Waals surface area contributed by atoms with Gasteiger partial charge in [-0.05, 0) is 24.0 Å². The van der Waals surface area contributed by atoms with Gasteiger partial charge >= 0.3 is 0 Å². The summed E-state index contributed by atoms with van der Waals surface area (Å²) in [6.45, 7) is 3.59. The fourth-order valence-electron chi connectivity index (χ4n) is 1.67. The van der Waals surface area contributed by atoms with E-state index in [2.05, 4.69) is 4.98 Å². The number of nitrogens with zero attached hydrogens (tertiary/aromatic N) is 1. The summed E-state index contributed by atoms with van der Waals surface area (Å²) in [5, 5.41) is 21.7. The van der Waals surface area contributed by atoms with Gasteiger partial charge in [-0.1, -0.05) is 13.8 Å². The predicted molar refractivity (Wildman–Crippen MR) is 51.7 cm³/mol. The van der Waals surface area contributed by atoms with Gasteiger partial charge in [0.15, 0.2) is 0 Å². The van der Waals surface area contributed by atoms with Crippen molar-refractivity contribution in [3.8, 4) is 0 Å². The van der Waals surface area contributed by atoms with Crippen LogP contribution in [0.25, 0.3) is 0 Å². The van der Waals surface area contributed by atoms with Crippen molar-refractivity contribution in [3.05, 3.63) is 28.6 Å². The van der Waals surface area contributed by atoms with Gasteiger partial charge < -0.3 is 19.8 Å². The Kier molecular flexibility index (Phi) is 3.60. The van der Waals surface area contributed by atoms with Crippen molar-refractivity contribution < 1.29 is 19.8 Å². The Hall–Kier alpha value is -1.91. The number of pyridine rings is 1. The van der Waals surface area contributed by atoms with Gasteiger partial charge in [-0.3, -0.25) is 4.98 Å². The lowest BCUT2D eigenvalue weighted by Crippen LogP contribution is -2.32. The van der Waals surface area contributed by atoms with Crippen LogP contribution in [-0.4, -0.2) is 16.9 Å². The predicted octanol–water partition coefficient (Wildman–Crippen LogP) is -1.07. The summed E-state index contributed by atoms with van der Waals surface area (Å²) >= 11 is 0. The molecule has 5 heteroatoms. The first kappa shape index (κ1) is 12.2. The number of carboxylic acid groups (broad SMARTS) is 2. The molecule has 0 bridgehead atoms. The SMILES string of the molecule is CCc1cnc(C(=O)[O-])c(C(=O)[O-])c1CC. The Labute approximate surface area is 92.8 Å². The van der Waals surface area contributed by atoms with E-state index >= 15 is 0 Å². The molecule has 86 valence electrons. The van der Waals surface area contributed by atoms with Gasteiger partial charge in [-0.25, -0.2) is 0 Å². The highest BCUT2D eigenvalue weighted by molar-refractivity contribution is 6.00. The number of rotatable bonds is 4. The van der Waals surface area contributed by atoms with Gasteiger partial charge in [-0.2, -0.15) is 0 Å². The molecule has 0 radical (unpaired) electrons. The summed E-state index contributed by atoms with van der Waals surface area (Å²) in [7, 11) is 0. The minimum atomic E-state index is -1.60. The molecular formula is C11H11NO4-2. The number of carbonyl (C=O) groups excluding carboxylic acids is 2. The van der Waals surface area contributed by atoms with Crippen molar-refractivity contribution in [2.24, 2.45) is 0 Å². The molecule has 0 unspecified atom stereocenters. The Balaban J connectivity index is 3.56. The van der Waals surface area contributed by atoms with Gasteiger partial charge in [0.25, 0.3) is 0 Å². The fourth-order valence-corrected chi connectivity index (χ4v) is 1.67. The molecule has 0 spiro atoms. The molecule has 0 saturated carbocycles. The quantitative estimate of drug-likeness (QED) is 0.645. The molecule has 1 aromatic heterocycles. The van der Waals surface area contributed by atoms with Crippen molar-refractivity contribution in [3.63, 3.8) is 0 Å². The van der Waals surface area contributed by atoms with Crippen molar-refractivity contribution >= 4 is 11.9 Å². The number of aryl methyl sites for hydroxylation is 1. The first-order chi connectivity index (χ1) is 7.52. The van der Waals surface area contributed by atoms with E-state index in [1.54, 1.807) is 6.92 Å². The standard InChI is InChI=1S/C11H13NO4/c1-3-6-5-12-9(11(15)16)8(10(13)14)7(6)4-2/h5H,3-4H2,1-2H3,(H,13,14)(H,15,16)/p-2. The second-order valence-electron chi connectivity index (χ2n) is 3.27. The molecule has 5 nitrogen and oxygen atoms in total. The lowest BCUT2D eigenvalue weighted by atomic mass is 9.97. The number of hydrogen-bond donors (Lipinski definition) is 0. The molecule has 0 fully saturated rings. The zero-order chi connectivity index (χ0) is 12.3. The van der Waals surface area contributed by atoms with Crippen LogP contribution in [0.4, 0.5) is 0 Å². The van der Waals surface area contributed by atoms with Crippen molar-refractivity contribution in [1.29, 1.82) is 0 Å². The van der Waals surface area contributed by atoms with Gasteiger partial charge in [0, 0.05) is 11.8 Å². The van der Waals surface area contributed by atoms with Crippen LogP contribution in [-0.2, 0) is 12.8 Å². The summed E-state index contributed by atoms with van der Waals surface area (Å²) in [6.07, 6.45) is 2.37. The maximum Gasteiger partial charge on any atom is 0.0950 e. The van der Waals surface area contributed by atoms with Crippen LogP contribution in [0.1, 0.15) is 45.8 Å². The lowest BCUT2D eigenvalue weighted by Gasteiger charge is -2.17. The molecule has 16 heavy (non-hydrogen) atoms. The number of hydrogen-bond acceptors (Lipinski definition) is 5. The normalized spacial score (nSPS) is 10.1. The smallest absolute Gasteiger partial charge is 0.0950 e. The summed E-state index contributed by atoms with van der Waals surface area (Å²) in [5.41, 5.74) is 0.249. The highest BCUT2D eigenvalue weighted by Gasteiger charge is 2.14. The molecule has 0 saturated heterocycles. The van der Waals surface area contributed by atoms with Gasteiger partial charge in [0.05, 0.1) is 17.6 Å². The highest BCUT2D eigenvalue weighted by atomic mass is 16.4. The molecule has 1 aromatic rings. The topological polar surface area (TPSA) is 93.2 Å². The molecular weight excluding hydrogens is 210 g/mol. The number of aromatic carboxylic acids is 2. The molecule has 0 aromatic carbocycles. The summed E-state index contributed by atoms with van der Waals surface area (Å²) in [4.78, 5) is 25.3. The maximum absolute atomic E-state index is 10.9. The largest absolute Gasteiger partial charge is 0.545 e. The van der Waals surface area contributed by atoms with E-state index in [1.807, 2.05) is 6.92 Å². The average molecular weight is 221 g/mol. The Morgan fingerprint density at radius 1 is 1.19 bits per heavy atom. The highest BCUT2D eigenvalue weighted by Crippen LogP contribution is 2.18. The monoisotopic (exact) mass is 221 g/mol. The third-order valence-electron chi connectivity index (χ3n) is 2.41. The van der Waals surface area contributed by atoms with E-state index in [0.717, 1.165) is 0 Å². The Bertz CT molecular complexity index is 440. The van der Waals surface area contributed by atoms with E-state index in [9.17, 15) is 19.8 Å². The summed E-state index contributed by atoms with van der Waals surface area (Å²) < 4.78 is 0. The van der Waals surface area contributed by atoms with Gasteiger partial charge in [-0.15, -0.1) is 0 Å². The average Bonchev–Trinajstić information content (AvgIpc) is 2.26. The molecule has 0 amide bonds. The molecule has 0 aliphatic carbocycles. The van der Waals surface area contributed by atoms with Crippen molar-refractivity contribution in [2.75, 3.05) is 0 Å². The first-order valence-electron chi connectivity index (χ1n) is 4.96. The van der Waals surface area contributed by atoms with Gasteiger partial charge in [0.2, 0.25) is 0 Å².